The highest BCUT2D eigenvalue weighted by Crippen LogP contribution is 2.29. The van der Waals surface area contributed by atoms with Crippen molar-refractivity contribution in [3.05, 3.63) is 59.2 Å². The molecule has 0 bridgehead atoms. The number of hydrogen-bond acceptors (Lipinski definition) is 3. The number of aromatic nitrogens is 2. The Balaban J connectivity index is 1.76. The summed E-state index contributed by atoms with van der Waals surface area (Å²) in [6.07, 6.45) is 6.32. The van der Waals surface area contributed by atoms with Crippen molar-refractivity contribution in [3.8, 4) is 0 Å². The van der Waals surface area contributed by atoms with E-state index in [4.69, 9.17) is 0 Å². The monoisotopic (exact) mass is 309 g/mol. The molecule has 120 valence electrons. The first-order valence-electron chi connectivity index (χ1n) is 8.24. The van der Waals surface area contributed by atoms with E-state index in [0.717, 1.165) is 43.7 Å². The van der Waals surface area contributed by atoms with Gasteiger partial charge in [-0.05, 0) is 25.3 Å². The maximum atomic E-state index is 11.5. The third kappa shape index (κ3) is 3.76. The Bertz CT molecular complexity index is 673. The number of hydrogen-bond donors (Lipinski definition) is 0. The lowest BCUT2D eigenvalue weighted by molar-refractivity contribution is -0.129. The van der Waals surface area contributed by atoms with E-state index in [1.54, 1.807) is 19.3 Å². The summed E-state index contributed by atoms with van der Waals surface area (Å²) < 4.78 is 0. The molecule has 1 aromatic carbocycles. The summed E-state index contributed by atoms with van der Waals surface area (Å²) in [5.41, 5.74) is 4.71. The number of likely N-dealkylation sites (tertiary alicyclic amines) is 1. The molecule has 0 unspecified atom stereocenters. The summed E-state index contributed by atoms with van der Waals surface area (Å²) >= 11 is 0. The summed E-state index contributed by atoms with van der Waals surface area (Å²) in [6, 6.07) is 8.59. The van der Waals surface area contributed by atoms with Crippen LogP contribution in [0.4, 0.5) is 0 Å². The Kier molecular flexibility index (Phi) is 4.70. The van der Waals surface area contributed by atoms with E-state index < -0.39 is 0 Å². The Morgan fingerprint density at radius 1 is 1.13 bits per heavy atom. The van der Waals surface area contributed by atoms with Crippen LogP contribution in [-0.2, 0) is 11.2 Å². The summed E-state index contributed by atoms with van der Waals surface area (Å²) in [7, 11) is 0. The normalized spacial score (nSPS) is 15.7. The van der Waals surface area contributed by atoms with Crippen LogP contribution in [0.3, 0.4) is 0 Å². The minimum Gasteiger partial charge on any atom is -0.343 e. The SMILES string of the molecule is CC(=O)N1CCC(c2nccnc2Cc2ccc(C)cc2)CC1. The van der Waals surface area contributed by atoms with Crippen LogP contribution in [0.2, 0.25) is 0 Å². The van der Waals surface area contributed by atoms with Crippen molar-refractivity contribution in [2.75, 3.05) is 13.1 Å². The molecule has 1 fully saturated rings. The van der Waals surface area contributed by atoms with E-state index in [1.165, 1.54) is 11.1 Å². The first kappa shape index (κ1) is 15.7. The molecule has 2 heterocycles. The summed E-state index contributed by atoms with van der Waals surface area (Å²) in [5, 5.41) is 0. The maximum absolute atomic E-state index is 11.5. The van der Waals surface area contributed by atoms with Crippen molar-refractivity contribution < 1.29 is 4.79 Å². The quantitative estimate of drug-likeness (QED) is 0.875. The second kappa shape index (κ2) is 6.90. The molecule has 0 spiro atoms. The third-order valence-electron chi connectivity index (χ3n) is 4.63. The summed E-state index contributed by atoms with van der Waals surface area (Å²) in [6.45, 7) is 5.38. The molecule has 4 nitrogen and oxygen atoms in total. The largest absolute Gasteiger partial charge is 0.343 e. The van der Waals surface area contributed by atoms with Gasteiger partial charge in [0.15, 0.2) is 0 Å². The van der Waals surface area contributed by atoms with Gasteiger partial charge in [0.25, 0.3) is 0 Å². The van der Waals surface area contributed by atoms with Gasteiger partial charge in [0.05, 0.1) is 11.4 Å². The molecule has 0 N–H and O–H groups in total. The molecular weight excluding hydrogens is 286 g/mol. The fourth-order valence-electron chi connectivity index (χ4n) is 3.22. The number of piperidine rings is 1. The Labute approximate surface area is 137 Å². The van der Waals surface area contributed by atoms with Crippen LogP contribution in [0.15, 0.2) is 36.7 Å². The summed E-state index contributed by atoms with van der Waals surface area (Å²) in [5.74, 6) is 0.572. The van der Waals surface area contributed by atoms with Gasteiger partial charge in [-0.15, -0.1) is 0 Å². The van der Waals surface area contributed by atoms with Gasteiger partial charge in [-0.1, -0.05) is 29.8 Å². The lowest BCUT2D eigenvalue weighted by Gasteiger charge is -2.31. The van der Waals surface area contributed by atoms with Gasteiger partial charge in [0.2, 0.25) is 5.91 Å². The van der Waals surface area contributed by atoms with Crippen molar-refractivity contribution >= 4 is 5.91 Å². The van der Waals surface area contributed by atoms with Gasteiger partial charge in [-0.2, -0.15) is 0 Å². The van der Waals surface area contributed by atoms with Gasteiger partial charge in [0, 0.05) is 44.7 Å². The predicted octanol–water partition coefficient (Wildman–Crippen LogP) is 3.10. The van der Waals surface area contributed by atoms with Crippen LogP contribution in [0, 0.1) is 6.92 Å². The molecular formula is C19H23N3O. The van der Waals surface area contributed by atoms with E-state index >= 15 is 0 Å². The molecule has 0 aliphatic carbocycles. The van der Waals surface area contributed by atoms with E-state index in [1.807, 2.05) is 4.90 Å². The van der Waals surface area contributed by atoms with E-state index in [-0.39, 0.29) is 5.91 Å². The number of rotatable bonds is 3. The lowest BCUT2D eigenvalue weighted by atomic mass is 9.90. The molecule has 1 aliphatic heterocycles. The second-order valence-electron chi connectivity index (χ2n) is 6.33. The van der Waals surface area contributed by atoms with Crippen LogP contribution >= 0.6 is 0 Å². The fraction of sp³-hybridized carbons (Fsp3) is 0.421. The smallest absolute Gasteiger partial charge is 0.219 e. The second-order valence-corrected chi connectivity index (χ2v) is 6.33. The number of amides is 1. The fourth-order valence-corrected chi connectivity index (χ4v) is 3.22. The molecule has 2 aromatic rings. The van der Waals surface area contributed by atoms with Gasteiger partial charge in [-0.3, -0.25) is 14.8 Å². The van der Waals surface area contributed by atoms with Gasteiger partial charge in [-0.25, -0.2) is 0 Å². The van der Waals surface area contributed by atoms with Crippen molar-refractivity contribution in [3.63, 3.8) is 0 Å². The van der Waals surface area contributed by atoms with Gasteiger partial charge in [0.1, 0.15) is 0 Å². The number of benzene rings is 1. The maximum Gasteiger partial charge on any atom is 0.219 e. The van der Waals surface area contributed by atoms with Crippen molar-refractivity contribution in [2.45, 2.75) is 39.0 Å². The zero-order valence-electron chi connectivity index (χ0n) is 13.8. The van der Waals surface area contributed by atoms with Crippen molar-refractivity contribution in [1.29, 1.82) is 0 Å². The Morgan fingerprint density at radius 2 is 1.78 bits per heavy atom. The highest BCUT2D eigenvalue weighted by atomic mass is 16.2. The zero-order valence-corrected chi connectivity index (χ0v) is 13.8. The van der Waals surface area contributed by atoms with E-state index in [0.29, 0.717) is 5.92 Å². The van der Waals surface area contributed by atoms with Crippen LogP contribution in [-0.4, -0.2) is 33.9 Å². The van der Waals surface area contributed by atoms with Crippen LogP contribution in [0.5, 0.6) is 0 Å². The number of carbonyl (C=O) groups excluding carboxylic acids is 1. The highest BCUT2D eigenvalue weighted by Gasteiger charge is 2.25. The molecule has 0 saturated carbocycles. The lowest BCUT2D eigenvalue weighted by Crippen LogP contribution is -2.36. The van der Waals surface area contributed by atoms with E-state index in [2.05, 4.69) is 41.2 Å². The van der Waals surface area contributed by atoms with Crippen molar-refractivity contribution in [2.24, 2.45) is 0 Å². The third-order valence-corrected chi connectivity index (χ3v) is 4.63. The first-order valence-corrected chi connectivity index (χ1v) is 8.24. The minimum atomic E-state index is 0.169. The first-order chi connectivity index (χ1) is 11.1. The molecule has 0 atom stereocenters. The standard InChI is InChI=1S/C19H23N3O/c1-14-3-5-16(6-4-14)13-18-19(21-10-9-20-18)17-7-11-22(12-8-17)15(2)23/h3-6,9-10,17H,7-8,11-13H2,1-2H3. The van der Waals surface area contributed by atoms with Crippen LogP contribution < -0.4 is 0 Å². The number of carbonyl (C=O) groups is 1. The van der Waals surface area contributed by atoms with Crippen LogP contribution in [0.25, 0.3) is 0 Å². The molecule has 1 amide bonds. The highest BCUT2D eigenvalue weighted by molar-refractivity contribution is 5.73. The molecule has 23 heavy (non-hydrogen) atoms. The number of nitrogens with zero attached hydrogens (tertiary/aromatic N) is 3. The predicted molar refractivity (Wildman–Crippen MR) is 90.2 cm³/mol. The molecule has 0 radical (unpaired) electrons. The Morgan fingerprint density at radius 3 is 2.43 bits per heavy atom. The van der Waals surface area contributed by atoms with Crippen LogP contribution in [0.1, 0.15) is 48.2 Å². The average Bonchev–Trinajstić information content (AvgIpc) is 2.57. The zero-order chi connectivity index (χ0) is 16.2. The van der Waals surface area contributed by atoms with Gasteiger partial charge >= 0.3 is 0 Å². The average molecular weight is 309 g/mol. The minimum absolute atomic E-state index is 0.169. The molecule has 1 aliphatic rings. The van der Waals surface area contributed by atoms with Gasteiger partial charge < -0.3 is 4.90 Å². The Hall–Kier alpha value is -2.23. The summed E-state index contributed by atoms with van der Waals surface area (Å²) in [4.78, 5) is 22.6. The molecule has 3 rings (SSSR count). The molecule has 1 aromatic heterocycles. The van der Waals surface area contributed by atoms with Crippen molar-refractivity contribution in [1.82, 2.24) is 14.9 Å². The van der Waals surface area contributed by atoms with E-state index in [9.17, 15) is 4.79 Å². The number of aryl methyl sites for hydroxylation is 1. The topological polar surface area (TPSA) is 46.1 Å². The molecule has 1 saturated heterocycles. The molecule has 4 heteroatoms.